The van der Waals surface area contributed by atoms with Crippen molar-refractivity contribution in [2.24, 2.45) is 0 Å². The van der Waals surface area contributed by atoms with Crippen molar-refractivity contribution < 1.29 is 22.7 Å². The van der Waals surface area contributed by atoms with Gasteiger partial charge in [0.1, 0.15) is 0 Å². The molecule has 5 rings (SSSR count). The molecule has 10 nitrogen and oxygen atoms in total. The molecular formula is C24H27N5O5S2. The van der Waals surface area contributed by atoms with Gasteiger partial charge in [-0.2, -0.15) is 4.31 Å². The van der Waals surface area contributed by atoms with Gasteiger partial charge >= 0.3 is 0 Å². The summed E-state index contributed by atoms with van der Waals surface area (Å²) < 4.78 is 39.9. The zero-order valence-corrected chi connectivity index (χ0v) is 21.3. The summed E-state index contributed by atoms with van der Waals surface area (Å²) in [7, 11) is -3.59. The second kappa shape index (κ2) is 11.1. The van der Waals surface area contributed by atoms with Gasteiger partial charge in [-0.3, -0.25) is 9.36 Å². The summed E-state index contributed by atoms with van der Waals surface area (Å²) in [5.74, 6) is 0.838. The lowest BCUT2D eigenvalue weighted by Gasteiger charge is -2.26. The summed E-state index contributed by atoms with van der Waals surface area (Å²) in [4.78, 5) is 14.7. The molecule has 1 amide bonds. The van der Waals surface area contributed by atoms with Crippen LogP contribution in [0.3, 0.4) is 0 Å². The highest BCUT2D eigenvalue weighted by atomic mass is 32.2. The smallest absolute Gasteiger partial charge is 0.243 e. The zero-order valence-electron chi connectivity index (χ0n) is 19.7. The molecule has 2 saturated heterocycles. The monoisotopic (exact) mass is 529 g/mol. The predicted molar refractivity (Wildman–Crippen MR) is 134 cm³/mol. The Bertz CT molecular complexity index is 1290. The summed E-state index contributed by atoms with van der Waals surface area (Å²) in [6.07, 6.45) is 0. The number of benzene rings is 2. The van der Waals surface area contributed by atoms with E-state index in [1.54, 1.807) is 29.2 Å². The van der Waals surface area contributed by atoms with Crippen LogP contribution in [-0.2, 0) is 24.3 Å². The number of para-hydroxylation sites is 1. The van der Waals surface area contributed by atoms with Crippen LogP contribution in [0.1, 0.15) is 0 Å². The van der Waals surface area contributed by atoms with Crippen LogP contribution in [0.15, 0.2) is 64.6 Å². The van der Waals surface area contributed by atoms with Crippen molar-refractivity contribution in [3.8, 4) is 17.1 Å². The number of carbonyl (C=O) groups is 1. The fourth-order valence-electron chi connectivity index (χ4n) is 4.10. The number of thioether (sulfide) groups is 1. The van der Waals surface area contributed by atoms with Crippen molar-refractivity contribution in [2.75, 3.05) is 58.4 Å². The maximum atomic E-state index is 13.0. The number of amides is 1. The van der Waals surface area contributed by atoms with Crippen LogP contribution >= 0.6 is 11.8 Å². The lowest BCUT2D eigenvalue weighted by molar-refractivity contribution is -0.132. The molecule has 2 aliphatic rings. The Labute approximate surface area is 214 Å². The number of sulfonamides is 1. The molecule has 12 heteroatoms. The van der Waals surface area contributed by atoms with E-state index < -0.39 is 10.0 Å². The van der Waals surface area contributed by atoms with Gasteiger partial charge in [-0.05, 0) is 36.4 Å². The normalized spacial score (nSPS) is 17.3. The molecule has 1 aromatic heterocycles. The SMILES string of the molecule is O=C(CSc1nnc(-c2ccc(S(=O)(=O)N3CCOCC3)cc2)n1-c1ccccc1)N1CCOCC1. The summed E-state index contributed by atoms with van der Waals surface area (Å²) in [6.45, 7) is 3.77. The first-order valence-electron chi connectivity index (χ1n) is 11.7. The van der Waals surface area contributed by atoms with Crippen LogP contribution in [0.25, 0.3) is 17.1 Å². The molecule has 0 radical (unpaired) electrons. The quantitative estimate of drug-likeness (QED) is 0.427. The van der Waals surface area contributed by atoms with Gasteiger partial charge in [-0.25, -0.2) is 8.42 Å². The van der Waals surface area contributed by atoms with Crippen molar-refractivity contribution >= 4 is 27.7 Å². The highest BCUT2D eigenvalue weighted by Crippen LogP contribution is 2.29. The second-order valence-electron chi connectivity index (χ2n) is 8.30. The van der Waals surface area contributed by atoms with Gasteiger partial charge in [0.2, 0.25) is 15.9 Å². The van der Waals surface area contributed by atoms with Crippen LogP contribution in [0.4, 0.5) is 0 Å². The van der Waals surface area contributed by atoms with Crippen molar-refractivity contribution in [1.82, 2.24) is 24.0 Å². The second-order valence-corrected chi connectivity index (χ2v) is 11.2. The molecule has 2 aromatic carbocycles. The van der Waals surface area contributed by atoms with E-state index in [0.717, 1.165) is 11.3 Å². The average Bonchev–Trinajstić information content (AvgIpc) is 3.37. The molecule has 36 heavy (non-hydrogen) atoms. The molecule has 3 heterocycles. The Hall–Kier alpha value is -2.77. The first-order valence-corrected chi connectivity index (χ1v) is 14.1. The number of aromatic nitrogens is 3. The predicted octanol–water partition coefficient (Wildman–Crippen LogP) is 1.91. The molecule has 2 aliphatic heterocycles. The van der Waals surface area contributed by atoms with Gasteiger partial charge in [-0.15, -0.1) is 10.2 Å². The Morgan fingerprint density at radius 1 is 0.861 bits per heavy atom. The maximum absolute atomic E-state index is 13.0. The van der Waals surface area contributed by atoms with Crippen LogP contribution in [-0.4, -0.2) is 96.7 Å². The zero-order chi connectivity index (χ0) is 25.0. The number of rotatable bonds is 7. The van der Waals surface area contributed by atoms with Crippen molar-refractivity contribution in [3.63, 3.8) is 0 Å². The lowest BCUT2D eigenvalue weighted by Crippen LogP contribution is -2.41. The highest BCUT2D eigenvalue weighted by Gasteiger charge is 2.27. The Balaban J connectivity index is 1.41. The van der Waals surface area contributed by atoms with Crippen LogP contribution < -0.4 is 0 Å². The van der Waals surface area contributed by atoms with E-state index >= 15 is 0 Å². The highest BCUT2D eigenvalue weighted by molar-refractivity contribution is 7.99. The molecule has 190 valence electrons. The number of morpholine rings is 2. The molecule has 0 saturated carbocycles. The van der Waals surface area contributed by atoms with E-state index in [2.05, 4.69) is 10.2 Å². The minimum atomic E-state index is -3.59. The molecular weight excluding hydrogens is 502 g/mol. The molecule has 2 fully saturated rings. The molecule has 0 aliphatic carbocycles. The molecule has 0 unspecified atom stereocenters. The third kappa shape index (κ3) is 5.32. The number of ether oxygens (including phenoxy) is 2. The largest absolute Gasteiger partial charge is 0.379 e. The van der Waals surface area contributed by atoms with Crippen molar-refractivity contribution in [1.29, 1.82) is 0 Å². The lowest BCUT2D eigenvalue weighted by atomic mass is 10.2. The summed E-state index contributed by atoms with van der Waals surface area (Å²) >= 11 is 1.33. The maximum Gasteiger partial charge on any atom is 0.243 e. The van der Waals surface area contributed by atoms with E-state index in [-0.39, 0.29) is 16.6 Å². The first-order chi connectivity index (χ1) is 17.5. The molecule has 0 spiro atoms. The van der Waals surface area contributed by atoms with Gasteiger partial charge in [0, 0.05) is 37.4 Å². The van der Waals surface area contributed by atoms with Crippen LogP contribution in [0, 0.1) is 0 Å². The molecule has 0 atom stereocenters. The van der Waals surface area contributed by atoms with E-state index in [1.807, 2.05) is 34.9 Å². The Morgan fingerprint density at radius 2 is 1.50 bits per heavy atom. The number of hydrogen-bond donors (Lipinski definition) is 0. The van der Waals surface area contributed by atoms with Crippen LogP contribution in [0.5, 0.6) is 0 Å². The van der Waals surface area contributed by atoms with Gasteiger partial charge in [0.05, 0.1) is 37.1 Å². The number of nitrogens with zero attached hydrogens (tertiary/aromatic N) is 5. The Kier molecular flexibility index (Phi) is 7.67. The standard InChI is InChI=1S/C24H27N5O5S2/c30-22(27-10-14-33-15-11-27)18-35-24-26-25-23(29(24)20-4-2-1-3-5-20)19-6-8-21(9-7-19)36(31,32)28-12-16-34-17-13-28/h1-9H,10-18H2. The van der Waals surface area contributed by atoms with Gasteiger partial charge < -0.3 is 14.4 Å². The summed E-state index contributed by atoms with van der Waals surface area (Å²) in [5.41, 5.74) is 1.57. The average molecular weight is 530 g/mol. The van der Waals surface area contributed by atoms with Crippen molar-refractivity contribution in [2.45, 2.75) is 10.1 Å². The number of hydrogen-bond acceptors (Lipinski definition) is 8. The summed E-state index contributed by atoms with van der Waals surface area (Å²) in [5, 5.41) is 9.36. The fourth-order valence-corrected chi connectivity index (χ4v) is 6.37. The summed E-state index contributed by atoms with van der Waals surface area (Å²) in [6, 6.07) is 16.3. The Morgan fingerprint density at radius 3 is 2.17 bits per heavy atom. The van der Waals surface area contributed by atoms with Gasteiger partial charge in [0.25, 0.3) is 0 Å². The molecule has 0 bridgehead atoms. The van der Waals surface area contributed by atoms with E-state index in [9.17, 15) is 13.2 Å². The van der Waals surface area contributed by atoms with Gasteiger partial charge in [0.15, 0.2) is 11.0 Å². The first kappa shape index (κ1) is 24.9. The molecule has 3 aromatic rings. The third-order valence-electron chi connectivity index (χ3n) is 6.06. The topological polar surface area (TPSA) is 107 Å². The van der Waals surface area contributed by atoms with E-state index in [0.29, 0.717) is 63.6 Å². The van der Waals surface area contributed by atoms with Crippen molar-refractivity contribution in [3.05, 3.63) is 54.6 Å². The van der Waals surface area contributed by atoms with E-state index in [1.165, 1.54) is 16.1 Å². The number of carbonyl (C=O) groups excluding carboxylic acids is 1. The molecule has 0 N–H and O–H groups in total. The van der Waals surface area contributed by atoms with Crippen LogP contribution in [0.2, 0.25) is 0 Å². The fraction of sp³-hybridized carbons (Fsp3) is 0.375. The van der Waals surface area contributed by atoms with Gasteiger partial charge in [-0.1, -0.05) is 30.0 Å². The minimum Gasteiger partial charge on any atom is -0.379 e. The van der Waals surface area contributed by atoms with E-state index in [4.69, 9.17) is 9.47 Å². The minimum absolute atomic E-state index is 0.0325. The third-order valence-corrected chi connectivity index (χ3v) is 8.88.